The third kappa shape index (κ3) is 3.20. The number of urea groups is 1. The minimum absolute atomic E-state index is 0.00398. The van der Waals surface area contributed by atoms with E-state index in [4.69, 9.17) is 0 Å². The largest absolute Gasteiger partial charge is 0.322 e. The molecule has 1 aliphatic rings. The number of benzene rings is 1. The van der Waals surface area contributed by atoms with Crippen molar-refractivity contribution in [3.8, 4) is 0 Å². The highest BCUT2D eigenvalue weighted by molar-refractivity contribution is 7.07. The number of nitrogens with zero attached hydrogens (tertiary/aromatic N) is 1. The Morgan fingerprint density at radius 1 is 1.40 bits per heavy atom. The summed E-state index contributed by atoms with van der Waals surface area (Å²) >= 11 is 1.67. The lowest BCUT2D eigenvalue weighted by molar-refractivity contribution is 0.206. The number of nitrogens with one attached hydrogen (secondary N) is 1. The van der Waals surface area contributed by atoms with Crippen LogP contribution in [-0.4, -0.2) is 17.0 Å². The predicted octanol–water partition coefficient (Wildman–Crippen LogP) is 4.25. The maximum Gasteiger partial charge on any atom is 0.322 e. The van der Waals surface area contributed by atoms with Crippen molar-refractivity contribution in [1.29, 1.82) is 0 Å². The SMILES string of the molecule is Cc1cccc(NC(=O)N(Cc2ccsc2)C2CC2)c1. The second-order valence-corrected chi connectivity index (χ2v) is 6.07. The Morgan fingerprint density at radius 3 is 2.90 bits per heavy atom. The van der Waals surface area contributed by atoms with Gasteiger partial charge in [0, 0.05) is 18.3 Å². The molecule has 0 bridgehead atoms. The summed E-state index contributed by atoms with van der Waals surface area (Å²) in [6.07, 6.45) is 2.23. The van der Waals surface area contributed by atoms with Gasteiger partial charge in [0.1, 0.15) is 0 Å². The molecular formula is C16H18N2OS. The molecule has 20 heavy (non-hydrogen) atoms. The highest BCUT2D eigenvalue weighted by atomic mass is 32.1. The van der Waals surface area contributed by atoms with E-state index in [0.29, 0.717) is 12.6 Å². The Bertz CT molecular complexity index is 590. The summed E-state index contributed by atoms with van der Waals surface area (Å²) in [4.78, 5) is 14.4. The zero-order valence-electron chi connectivity index (χ0n) is 11.5. The van der Waals surface area contributed by atoms with Crippen LogP contribution < -0.4 is 5.32 Å². The summed E-state index contributed by atoms with van der Waals surface area (Å²) in [5, 5.41) is 7.17. The summed E-state index contributed by atoms with van der Waals surface area (Å²) in [6.45, 7) is 2.73. The van der Waals surface area contributed by atoms with Gasteiger partial charge in [0.2, 0.25) is 0 Å². The van der Waals surface area contributed by atoms with Crippen LogP contribution in [0, 0.1) is 6.92 Å². The number of anilines is 1. The Hall–Kier alpha value is -1.81. The van der Waals surface area contributed by atoms with E-state index in [2.05, 4.69) is 22.1 Å². The zero-order valence-corrected chi connectivity index (χ0v) is 12.3. The first kappa shape index (κ1) is 13.2. The molecule has 104 valence electrons. The van der Waals surface area contributed by atoms with Crippen molar-refractivity contribution in [3.63, 3.8) is 0 Å². The van der Waals surface area contributed by atoms with Crippen molar-refractivity contribution in [1.82, 2.24) is 4.90 Å². The lowest BCUT2D eigenvalue weighted by Gasteiger charge is -2.22. The Morgan fingerprint density at radius 2 is 2.25 bits per heavy atom. The van der Waals surface area contributed by atoms with Crippen molar-refractivity contribution in [2.75, 3.05) is 5.32 Å². The average Bonchev–Trinajstić information content (AvgIpc) is 3.12. The lowest BCUT2D eigenvalue weighted by Crippen LogP contribution is -2.36. The van der Waals surface area contributed by atoms with Gasteiger partial charge >= 0.3 is 6.03 Å². The van der Waals surface area contributed by atoms with E-state index in [1.165, 1.54) is 5.56 Å². The molecule has 3 rings (SSSR count). The fourth-order valence-corrected chi connectivity index (χ4v) is 2.91. The first-order chi connectivity index (χ1) is 9.72. The molecule has 1 N–H and O–H groups in total. The van der Waals surface area contributed by atoms with Crippen LogP contribution in [-0.2, 0) is 6.54 Å². The van der Waals surface area contributed by atoms with E-state index in [-0.39, 0.29) is 6.03 Å². The second-order valence-electron chi connectivity index (χ2n) is 5.29. The molecule has 1 saturated carbocycles. The standard InChI is InChI=1S/C16H18N2OS/c1-12-3-2-4-14(9-12)17-16(19)18(15-5-6-15)10-13-7-8-20-11-13/h2-4,7-9,11,15H,5-6,10H2,1H3,(H,17,19). The number of rotatable bonds is 4. The van der Waals surface area contributed by atoms with E-state index in [1.807, 2.05) is 36.1 Å². The van der Waals surface area contributed by atoms with Gasteiger partial charge in [0.05, 0.1) is 0 Å². The van der Waals surface area contributed by atoms with E-state index in [1.54, 1.807) is 11.3 Å². The molecule has 1 aliphatic carbocycles. The van der Waals surface area contributed by atoms with Gasteiger partial charge in [-0.1, -0.05) is 12.1 Å². The Balaban J connectivity index is 1.69. The summed E-state index contributed by atoms with van der Waals surface area (Å²) in [5.41, 5.74) is 3.23. The van der Waals surface area contributed by atoms with E-state index < -0.39 is 0 Å². The zero-order chi connectivity index (χ0) is 13.9. The third-order valence-corrected chi connectivity index (χ3v) is 4.18. The van der Waals surface area contributed by atoms with Crippen LogP contribution in [0.15, 0.2) is 41.1 Å². The molecule has 2 amide bonds. The molecule has 0 aliphatic heterocycles. The van der Waals surface area contributed by atoms with Crippen LogP contribution in [0.4, 0.5) is 10.5 Å². The summed E-state index contributed by atoms with van der Waals surface area (Å²) in [7, 11) is 0. The molecule has 0 unspecified atom stereocenters. The molecule has 0 atom stereocenters. The highest BCUT2D eigenvalue weighted by Crippen LogP contribution is 2.29. The van der Waals surface area contributed by atoms with Crippen LogP contribution >= 0.6 is 11.3 Å². The quantitative estimate of drug-likeness (QED) is 0.895. The van der Waals surface area contributed by atoms with Crippen LogP contribution in [0.3, 0.4) is 0 Å². The number of carbonyl (C=O) groups is 1. The van der Waals surface area contributed by atoms with Gasteiger partial charge in [-0.3, -0.25) is 0 Å². The molecule has 0 spiro atoms. The van der Waals surface area contributed by atoms with E-state index >= 15 is 0 Å². The maximum absolute atomic E-state index is 12.4. The first-order valence-electron chi connectivity index (χ1n) is 6.88. The highest BCUT2D eigenvalue weighted by Gasteiger charge is 2.32. The molecule has 0 radical (unpaired) electrons. The molecule has 0 saturated heterocycles. The topological polar surface area (TPSA) is 32.3 Å². The van der Waals surface area contributed by atoms with Crippen LogP contribution in [0.1, 0.15) is 24.0 Å². The summed E-state index contributed by atoms with van der Waals surface area (Å²) < 4.78 is 0. The summed E-state index contributed by atoms with van der Waals surface area (Å²) in [6, 6.07) is 10.4. The lowest BCUT2D eigenvalue weighted by atomic mass is 10.2. The minimum atomic E-state index is 0.00398. The maximum atomic E-state index is 12.4. The van der Waals surface area contributed by atoms with Gasteiger partial charge in [0.15, 0.2) is 0 Å². The van der Waals surface area contributed by atoms with Crippen molar-refractivity contribution in [2.45, 2.75) is 32.4 Å². The van der Waals surface area contributed by atoms with Gasteiger partial charge in [0.25, 0.3) is 0 Å². The predicted molar refractivity (Wildman–Crippen MR) is 83.1 cm³/mol. The molecule has 2 aromatic rings. The van der Waals surface area contributed by atoms with Crippen molar-refractivity contribution in [2.24, 2.45) is 0 Å². The number of hydrogen-bond acceptors (Lipinski definition) is 2. The smallest absolute Gasteiger partial charge is 0.317 e. The van der Waals surface area contributed by atoms with Crippen molar-refractivity contribution < 1.29 is 4.79 Å². The molecule has 1 aromatic heterocycles. The molecule has 3 nitrogen and oxygen atoms in total. The van der Waals surface area contributed by atoms with Gasteiger partial charge < -0.3 is 10.2 Å². The molecular weight excluding hydrogens is 268 g/mol. The molecule has 1 heterocycles. The van der Waals surface area contributed by atoms with Gasteiger partial charge in [-0.25, -0.2) is 4.79 Å². The number of hydrogen-bond donors (Lipinski definition) is 1. The van der Waals surface area contributed by atoms with Crippen LogP contribution in [0.25, 0.3) is 0 Å². The van der Waals surface area contributed by atoms with Gasteiger partial charge in [-0.05, 0) is 59.9 Å². The first-order valence-corrected chi connectivity index (χ1v) is 7.82. The molecule has 4 heteroatoms. The fourth-order valence-electron chi connectivity index (χ4n) is 2.25. The van der Waals surface area contributed by atoms with Gasteiger partial charge in [-0.15, -0.1) is 0 Å². The minimum Gasteiger partial charge on any atom is -0.317 e. The molecule has 1 aromatic carbocycles. The molecule has 1 fully saturated rings. The van der Waals surface area contributed by atoms with Crippen molar-refractivity contribution >= 4 is 23.1 Å². The Kier molecular flexibility index (Phi) is 3.74. The third-order valence-electron chi connectivity index (χ3n) is 3.45. The number of amides is 2. The Labute approximate surface area is 123 Å². The van der Waals surface area contributed by atoms with E-state index in [0.717, 1.165) is 24.1 Å². The second kappa shape index (κ2) is 5.67. The normalized spacial score (nSPS) is 14.1. The summed E-state index contributed by atoms with van der Waals surface area (Å²) in [5.74, 6) is 0. The number of aryl methyl sites for hydroxylation is 1. The van der Waals surface area contributed by atoms with E-state index in [9.17, 15) is 4.79 Å². The average molecular weight is 286 g/mol. The van der Waals surface area contributed by atoms with Crippen molar-refractivity contribution in [3.05, 3.63) is 52.2 Å². The van der Waals surface area contributed by atoms with Gasteiger partial charge in [-0.2, -0.15) is 11.3 Å². The number of thiophene rings is 1. The monoisotopic (exact) mass is 286 g/mol. The van der Waals surface area contributed by atoms with Crippen LogP contribution in [0.2, 0.25) is 0 Å². The fraction of sp³-hybridized carbons (Fsp3) is 0.312. The van der Waals surface area contributed by atoms with Crippen LogP contribution in [0.5, 0.6) is 0 Å². The number of carbonyl (C=O) groups excluding carboxylic acids is 1.